The smallest absolute Gasteiger partial charge is 0.181 e. The van der Waals surface area contributed by atoms with Gasteiger partial charge >= 0.3 is 0 Å². The molecule has 0 atom stereocenters. The lowest BCUT2D eigenvalue weighted by Crippen LogP contribution is -1.90. The molecule has 0 spiro atoms. The van der Waals surface area contributed by atoms with E-state index in [0.29, 0.717) is 5.02 Å². The first-order valence-electron chi connectivity index (χ1n) is 2.84. The molecule has 11 heavy (non-hydrogen) atoms. The Kier molecular flexibility index (Phi) is 2.29. The molecule has 0 saturated heterocycles. The van der Waals surface area contributed by atoms with E-state index in [9.17, 15) is 4.39 Å². The second kappa shape index (κ2) is 3.22. The van der Waals surface area contributed by atoms with Crippen molar-refractivity contribution in [3.8, 4) is 6.19 Å². The van der Waals surface area contributed by atoms with Gasteiger partial charge in [-0.05, 0) is 18.2 Å². The predicted octanol–water partition coefficient (Wildman–Crippen LogP) is 2.37. The van der Waals surface area contributed by atoms with Crippen molar-refractivity contribution in [3.63, 3.8) is 0 Å². The van der Waals surface area contributed by atoms with E-state index >= 15 is 0 Å². The zero-order valence-electron chi connectivity index (χ0n) is 5.44. The lowest BCUT2D eigenvalue weighted by Gasteiger charge is -1.98. The van der Waals surface area contributed by atoms with E-state index in [1.54, 1.807) is 6.19 Å². The highest BCUT2D eigenvalue weighted by molar-refractivity contribution is 6.30. The summed E-state index contributed by atoms with van der Waals surface area (Å²) < 4.78 is 12.7. The van der Waals surface area contributed by atoms with Gasteiger partial charge in [0.1, 0.15) is 5.82 Å². The molecule has 1 aromatic carbocycles. The zero-order valence-corrected chi connectivity index (χ0v) is 6.19. The van der Waals surface area contributed by atoms with Crippen LogP contribution in [-0.4, -0.2) is 0 Å². The minimum atomic E-state index is -0.529. The number of nitrogens with zero attached hydrogens (tertiary/aromatic N) is 1. The van der Waals surface area contributed by atoms with Crippen LogP contribution in [0.25, 0.3) is 0 Å². The van der Waals surface area contributed by atoms with Gasteiger partial charge in [0.15, 0.2) is 6.19 Å². The van der Waals surface area contributed by atoms with E-state index < -0.39 is 5.82 Å². The van der Waals surface area contributed by atoms with Gasteiger partial charge in [-0.3, -0.25) is 5.32 Å². The Balaban J connectivity index is 3.01. The number of rotatable bonds is 1. The third-order valence-corrected chi connectivity index (χ3v) is 1.36. The molecule has 1 N–H and O–H groups in total. The largest absolute Gasteiger partial charge is 0.290 e. The molecule has 1 aromatic rings. The summed E-state index contributed by atoms with van der Waals surface area (Å²) >= 11 is 5.47. The van der Waals surface area contributed by atoms with Gasteiger partial charge in [-0.2, -0.15) is 5.26 Å². The van der Waals surface area contributed by atoms with E-state index in [0.717, 1.165) is 6.07 Å². The van der Waals surface area contributed by atoms with Crippen LogP contribution >= 0.6 is 11.6 Å². The van der Waals surface area contributed by atoms with Crippen LogP contribution in [0.1, 0.15) is 0 Å². The van der Waals surface area contributed by atoms with Crippen LogP contribution in [0.15, 0.2) is 18.2 Å². The van der Waals surface area contributed by atoms with E-state index in [2.05, 4.69) is 5.32 Å². The lowest BCUT2D eigenvalue weighted by molar-refractivity contribution is 0.632. The summed E-state index contributed by atoms with van der Waals surface area (Å²) in [4.78, 5) is 0. The van der Waals surface area contributed by atoms with Crippen molar-refractivity contribution in [2.24, 2.45) is 0 Å². The standard InChI is InChI=1S/C7H4ClFN2/c8-5-1-2-7(11-4-10)6(9)3-5/h1-3,11H. The predicted molar refractivity (Wildman–Crippen MR) is 40.6 cm³/mol. The number of hydrogen-bond donors (Lipinski definition) is 1. The van der Waals surface area contributed by atoms with E-state index in [-0.39, 0.29) is 5.69 Å². The number of nitrogens with one attached hydrogen (secondary N) is 1. The quantitative estimate of drug-likeness (QED) is 0.519. The number of halogens is 2. The molecule has 56 valence electrons. The first-order chi connectivity index (χ1) is 5.24. The minimum Gasteiger partial charge on any atom is -0.290 e. The Bertz CT molecular complexity index is 306. The Morgan fingerprint density at radius 3 is 2.82 bits per heavy atom. The van der Waals surface area contributed by atoms with E-state index in [1.807, 2.05) is 0 Å². The van der Waals surface area contributed by atoms with Gasteiger partial charge in [0.05, 0.1) is 5.69 Å². The van der Waals surface area contributed by atoms with Gasteiger partial charge in [0.2, 0.25) is 0 Å². The van der Waals surface area contributed by atoms with Crippen molar-refractivity contribution in [3.05, 3.63) is 29.0 Å². The topological polar surface area (TPSA) is 35.8 Å². The first kappa shape index (κ1) is 7.83. The number of benzene rings is 1. The number of anilines is 1. The van der Waals surface area contributed by atoms with Crippen molar-refractivity contribution in [2.45, 2.75) is 0 Å². The van der Waals surface area contributed by atoms with Crippen molar-refractivity contribution in [1.29, 1.82) is 5.26 Å². The van der Waals surface area contributed by atoms with Crippen LogP contribution < -0.4 is 5.32 Å². The van der Waals surface area contributed by atoms with Crippen LogP contribution in [0.2, 0.25) is 5.02 Å². The van der Waals surface area contributed by atoms with Crippen LogP contribution in [0.5, 0.6) is 0 Å². The second-order valence-corrected chi connectivity index (χ2v) is 2.30. The molecule has 2 nitrogen and oxygen atoms in total. The van der Waals surface area contributed by atoms with Crippen LogP contribution in [0, 0.1) is 17.3 Å². The highest BCUT2D eigenvalue weighted by Crippen LogP contribution is 2.17. The van der Waals surface area contributed by atoms with Crippen LogP contribution in [-0.2, 0) is 0 Å². The Labute approximate surface area is 68.2 Å². The lowest BCUT2D eigenvalue weighted by atomic mass is 10.3. The molecule has 0 saturated carbocycles. The summed E-state index contributed by atoms with van der Waals surface area (Å²) in [7, 11) is 0. The average molecular weight is 171 g/mol. The molecule has 4 heteroatoms. The molecule has 0 aliphatic heterocycles. The van der Waals surface area contributed by atoms with Gasteiger partial charge in [-0.1, -0.05) is 11.6 Å². The molecule has 0 bridgehead atoms. The number of nitriles is 1. The van der Waals surface area contributed by atoms with E-state index in [1.165, 1.54) is 12.1 Å². The molecule has 0 unspecified atom stereocenters. The van der Waals surface area contributed by atoms with Gasteiger partial charge in [-0.25, -0.2) is 4.39 Å². The molecular formula is C7H4ClFN2. The highest BCUT2D eigenvalue weighted by atomic mass is 35.5. The first-order valence-corrected chi connectivity index (χ1v) is 3.22. The van der Waals surface area contributed by atoms with Crippen molar-refractivity contribution >= 4 is 17.3 Å². The fourth-order valence-corrected chi connectivity index (χ4v) is 0.810. The maximum Gasteiger partial charge on any atom is 0.181 e. The molecule has 0 amide bonds. The molecule has 0 aromatic heterocycles. The third kappa shape index (κ3) is 1.82. The summed E-state index contributed by atoms with van der Waals surface area (Å²) in [6.07, 6.45) is 1.61. The Morgan fingerprint density at radius 2 is 2.27 bits per heavy atom. The molecule has 0 aliphatic rings. The van der Waals surface area contributed by atoms with Crippen LogP contribution in [0.4, 0.5) is 10.1 Å². The SMILES string of the molecule is N#CNc1ccc(Cl)cc1F. The van der Waals surface area contributed by atoms with E-state index in [4.69, 9.17) is 16.9 Å². The van der Waals surface area contributed by atoms with Gasteiger partial charge in [0.25, 0.3) is 0 Å². The maximum atomic E-state index is 12.7. The Hall–Kier alpha value is -1.27. The van der Waals surface area contributed by atoms with Gasteiger partial charge in [0, 0.05) is 5.02 Å². The van der Waals surface area contributed by atoms with Crippen LogP contribution in [0.3, 0.4) is 0 Å². The highest BCUT2D eigenvalue weighted by Gasteiger charge is 1.99. The molecule has 0 radical (unpaired) electrons. The summed E-state index contributed by atoms with van der Waals surface area (Å²) in [5.74, 6) is -0.529. The minimum absolute atomic E-state index is 0.136. The maximum absolute atomic E-state index is 12.7. The fourth-order valence-electron chi connectivity index (χ4n) is 0.651. The van der Waals surface area contributed by atoms with Crippen molar-refractivity contribution in [2.75, 3.05) is 5.32 Å². The zero-order chi connectivity index (χ0) is 8.27. The molecular weight excluding hydrogens is 167 g/mol. The summed E-state index contributed by atoms with van der Waals surface area (Å²) in [6.45, 7) is 0. The monoisotopic (exact) mass is 170 g/mol. The summed E-state index contributed by atoms with van der Waals surface area (Å²) in [5.41, 5.74) is 0.136. The average Bonchev–Trinajstić information content (AvgIpc) is 1.95. The fraction of sp³-hybridized carbons (Fsp3) is 0. The molecule has 0 heterocycles. The van der Waals surface area contributed by atoms with Crippen molar-refractivity contribution in [1.82, 2.24) is 0 Å². The second-order valence-electron chi connectivity index (χ2n) is 1.86. The Morgan fingerprint density at radius 1 is 1.55 bits per heavy atom. The molecule has 0 aliphatic carbocycles. The third-order valence-electron chi connectivity index (χ3n) is 1.12. The normalized spacial score (nSPS) is 8.82. The van der Waals surface area contributed by atoms with Crippen molar-refractivity contribution < 1.29 is 4.39 Å². The van der Waals surface area contributed by atoms with Gasteiger partial charge < -0.3 is 0 Å². The number of hydrogen-bond acceptors (Lipinski definition) is 2. The molecule has 0 fully saturated rings. The summed E-state index contributed by atoms with van der Waals surface area (Å²) in [5, 5.41) is 10.6. The van der Waals surface area contributed by atoms with Gasteiger partial charge in [-0.15, -0.1) is 0 Å². The summed E-state index contributed by atoms with van der Waals surface area (Å²) in [6, 6.07) is 4.05. The molecule has 1 rings (SSSR count).